The number of pyridine rings is 1. The molecule has 112 valence electrons. The number of amides is 1. The molecular weight excluding hydrogens is 296 g/mol. The van der Waals surface area contributed by atoms with Gasteiger partial charge in [0.25, 0.3) is 0 Å². The highest BCUT2D eigenvalue weighted by Gasteiger charge is 2.17. The van der Waals surface area contributed by atoms with Crippen molar-refractivity contribution in [3.05, 3.63) is 70.9 Å². The van der Waals surface area contributed by atoms with Crippen molar-refractivity contribution in [3.8, 4) is 0 Å². The molecular formula is C16H16N4OS. The van der Waals surface area contributed by atoms with Crippen LogP contribution in [0.2, 0.25) is 0 Å². The first-order chi connectivity index (χ1) is 10.8. The van der Waals surface area contributed by atoms with Gasteiger partial charge in [-0.05, 0) is 47.0 Å². The first kappa shape index (κ1) is 14.5. The number of thiophene rings is 1. The van der Waals surface area contributed by atoms with E-state index in [0.717, 1.165) is 12.1 Å². The van der Waals surface area contributed by atoms with Crippen molar-refractivity contribution >= 4 is 17.2 Å². The molecule has 0 fully saturated rings. The van der Waals surface area contributed by atoms with Gasteiger partial charge in [-0.25, -0.2) is 0 Å². The van der Waals surface area contributed by atoms with E-state index >= 15 is 0 Å². The van der Waals surface area contributed by atoms with E-state index in [1.165, 1.54) is 5.56 Å². The van der Waals surface area contributed by atoms with Crippen LogP contribution in [0.15, 0.2) is 59.7 Å². The van der Waals surface area contributed by atoms with Crippen LogP contribution in [0, 0.1) is 0 Å². The Hall–Kier alpha value is -2.47. The normalized spacial score (nSPS) is 12.0. The summed E-state index contributed by atoms with van der Waals surface area (Å²) in [6.45, 7) is 0.208. The van der Waals surface area contributed by atoms with Crippen LogP contribution in [0.1, 0.15) is 17.3 Å². The van der Waals surface area contributed by atoms with E-state index in [4.69, 9.17) is 0 Å². The zero-order valence-corrected chi connectivity index (χ0v) is 12.7. The molecule has 0 saturated carbocycles. The van der Waals surface area contributed by atoms with E-state index in [9.17, 15) is 4.79 Å². The van der Waals surface area contributed by atoms with Crippen LogP contribution in [-0.2, 0) is 17.8 Å². The molecule has 0 saturated heterocycles. The van der Waals surface area contributed by atoms with Crippen LogP contribution < -0.4 is 5.32 Å². The Morgan fingerprint density at radius 3 is 2.91 bits per heavy atom. The van der Waals surface area contributed by atoms with E-state index in [1.807, 2.05) is 23.6 Å². The fraction of sp³-hybridized carbons (Fsp3) is 0.188. The van der Waals surface area contributed by atoms with Gasteiger partial charge in [-0.3, -0.25) is 14.5 Å². The quantitative estimate of drug-likeness (QED) is 0.760. The SMILES string of the molecule is O=C(Cn1cccn1)N[C@H](Cc1ccsc1)c1ccccn1. The second-order valence-electron chi connectivity index (χ2n) is 4.91. The van der Waals surface area contributed by atoms with Gasteiger partial charge in [-0.1, -0.05) is 6.07 Å². The maximum absolute atomic E-state index is 12.2. The molecule has 1 atom stereocenters. The molecule has 3 aromatic heterocycles. The molecule has 5 nitrogen and oxygen atoms in total. The van der Waals surface area contributed by atoms with Crippen LogP contribution in [0.25, 0.3) is 0 Å². The molecule has 0 aliphatic carbocycles. The Morgan fingerprint density at radius 2 is 2.23 bits per heavy atom. The highest BCUT2D eigenvalue weighted by atomic mass is 32.1. The predicted molar refractivity (Wildman–Crippen MR) is 85.4 cm³/mol. The molecule has 0 bridgehead atoms. The Labute approximate surface area is 132 Å². The Balaban J connectivity index is 1.72. The summed E-state index contributed by atoms with van der Waals surface area (Å²) in [4.78, 5) is 16.6. The van der Waals surface area contributed by atoms with Crippen molar-refractivity contribution in [1.29, 1.82) is 0 Å². The highest BCUT2D eigenvalue weighted by molar-refractivity contribution is 7.07. The van der Waals surface area contributed by atoms with Crippen molar-refractivity contribution in [3.63, 3.8) is 0 Å². The molecule has 3 heterocycles. The lowest BCUT2D eigenvalue weighted by Crippen LogP contribution is -2.33. The van der Waals surface area contributed by atoms with Gasteiger partial charge in [-0.2, -0.15) is 16.4 Å². The molecule has 3 rings (SSSR count). The summed E-state index contributed by atoms with van der Waals surface area (Å²) < 4.78 is 1.61. The van der Waals surface area contributed by atoms with Gasteiger partial charge >= 0.3 is 0 Å². The average Bonchev–Trinajstić information content (AvgIpc) is 3.21. The number of carbonyl (C=O) groups is 1. The minimum absolute atomic E-state index is 0.0745. The zero-order valence-electron chi connectivity index (χ0n) is 11.9. The van der Waals surface area contributed by atoms with E-state index in [0.29, 0.717) is 0 Å². The maximum atomic E-state index is 12.2. The Kier molecular flexibility index (Phi) is 4.60. The van der Waals surface area contributed by atoms with Crippen LogP contribution >= 0.6 is 11.3 Å². The smallest absolute Gasteiger partial charge is 0.242 e. The molecule has 0 spiro atoms. The number of rotatable bonds is 6. The third-order valence-electron chi connectivity index (χ3n) is 3.26. The van der Waals surface area contributed by atoms with Gasteiger partial charge in [0.05, 0.1) is 11.7 Å². The zero-order chi connectivity index (χ0) is 15.2. The third-order valence-corrected chi connectivity index (χ3v) is 4.00. The summed E-state index contributed by atoms with van der Waals surface area (Å²) in [6, 6.07) is 9.47. The minimum Gasteiger partial charge on any atom is -0.346 e. The van der Waals surface area contributed by atoms with Gasteiger partial charge < -0.3 is 5.32 Å². The number of aromatic nitrogens is 3. The number of hydrogen-bond donors (Lipinski definition) is 1. The maximum Gasteiger partial charge on any atom is 0.242 e. The Bertz CT molecular complexity index is 695. The standard InChI is InChI=1S/C16H16N4OS/c21-16(11-20-8-3-7-18-20)19-15(10-13-5-9-22-12-13)14-4-1-2-6-17-14/h1-9,12,15H,10-11H2,(H,19,21)/t15-/m1/s1. The van der Waals surface area contributed by atoms with Crippen molar-refractivity contribution in [1.82, 2.24) is 20.1 Å². The molecule has 1 N–H and O–H groups in total. The largest absolute Gasteiger partial charge is 0.346 e. The molecule has 0 radical (unpaired) electrons. The average molecular weight is 312 g/mol. The first-order valence-electron chi connectivity index (χ1n) is 7.00. The second-order valence-corrected chi connectivity index (χ2v) is 5.69. The summed E-state index contributed by atoms with van der Waals surface area (Å²) in [5.74, 6) is -0.0745. The number of carbonyl (C=O) groups excluding carboxylic acids is 1. The van der Waals surface area contributed by atoms with Gasteiger partial charge in [0.2, 0.25) is 5.91 Å². The fourth-order valence-electron chi connectivity index (χ4n) is 2.24. The molecule has 0 aliphatic rings. The molecule has 0 aliphatic heterocycles. The first-order valence-corrected chi connectivity index (χ1v) is 7.94. The van der Waals surface area contributed by atoms with Crippen LogP contribution in [0.5, 0.6) is 0 Å². The summed E-state index contributed by atoms with van der Waals surface area (Å²) in [5.41, 5.74) is 2.06. The summed E-state index contributed by atoms with van der Waals surface area (Å²) in [7, 11) is 0. The van der Waals surface area contributed by atoms with Gasteiger partial charge in [0.15, 0.2) is 0 Å². The van der Waals surface area contributed by atoms with E-state index in [2.05, 4.69) is 26.8 Å². The van der Waals surface area contributed by atoms with Crippen molar-refractivity contribution in [2.45, 2.75) is 19.0 Å². The lowest BCUT2D eigenvalue weighted by Gasteiger charge is -2.18. The van der Waals surface area contributed by atoms with Crippen LogP contribution in [0.3, 0.4) is 0 Å². The topological polar surface area (TPSA) is 59.8 Å². The van der Waals surface area contributed by atoms with Crippen molar-refractivity contribution < 1.29 is 4.79 Å². The molecule has 0 unspecified atom stereocenters. The van der Waals surface area contributed by atoms with Crippen molar-refractivity contribution in [2.24, 2.45) is 0 Å². The molecule has 1 amide bonds. The number of nitrogens with one attached hydrogen (secondary N) is 1. The van der Waals surface area contributed by atoms with E-state index in [1.54, 1.807) is 40.7 Å². The summed E-state index contributed by atoms with van der Waals surface area (Å²) in [6.07, 6.45) is 5.91. The number of nitrogens with zero attached hydrogens (tertiary/aromatic N) is 3. The van der Waals surface area contributed by atoms with Crippen molar-refractivity contribution in [2.75, 3.05) is 0 Å². The molecule has 22 heavy (non-hydrogen) atoms. The predicted octanol–water partition coefficient (Wildman–Crippen LogP) is 2.44. The summed E-state index contributed by atoms with van der Waals surface area (Å²) >= 11 is 1.65. The second kappa shape index (κ2) is 7.00. The van der Waals surface area contributed by atoms with Crippen LogP contribution in [-0.4, -0.2) is 20.7 Å². The van der Waals surface area contributed by atoms with E-state index in [-0.39, 0.29) is 18.5 Å². The monoisotopic (exact) mass is 312 g/mol. The van der Waals surface area contributed by atoms with E-state index < -0.39 is 0 Å². The lowest BCUT2D eigenvalue weighted by atomic mass is 10.1. The Morgan fingerprint density at radius 1 is 1.27 bits per heavy atom. The fourth-order valence-corrected chi connectivity index (χ4v) is 2.92. The third kappa shape index (κ3) is 3.79. The molecule has 0 aromatic carbocycles. The molecule has 3 aromatic rings. The van der Waals surface area contributed by atoms with Gasteiger partial charge in [-0.15, -0.1) is 0 Å². The highest BCUT2D eigenvalue weighted by Crippen LogP contribution is 2.18. The van der Waals surface area contributed by atoms with Crippen LogP contribution in [0.4, 0.5) is 0 Å². The van der Waals surface area contributed by atoms with Gasteiger partial charge in [0.1, 0.15) is 6.54 Å². The molecule has 6 heteroatoms. The minimum atomic E-state index is -0.140. The number of hydrogen-bond acceptors (Lipinski definition) is 4. The lowest BCUT2D eigenvalue weighted by molar-refractivity contribution is -0.122. The summed E-state index contributed by atoms with van der Waals surface area (Å²) in [5, 5.41) is 11.2. The van der Waals surface area contributed by atoms with Gasteiger partial charge in [0, 0.05) is 18.6 Å².